The summed E-state index contributed by atoms with van der Waals surface area (Å²) < 4.78 is 16.3. The Hall–Kier alpha value is -2.76. The fourth-order valence-corrected chi connectivity index (χ4v) is 4.22. The van der Waals surface area contributed by atoms with Gasteiger partial charge in [0, 0.05) is 12.6 Å². The van der Waals surface area contributed by atoms with Crippen molar-refractivity contribution in [3.8, 4) is 11.5 Å². The quantitative estimate of drug-likeness (QED) is 0.701. The summed E-state index contributed by atoms with van der Waals surface area (Å²) >= 11 is 0. The summed E-state index contributed by atoms with van der Waals surface area (Å²) in [6.45, 7) is 2.83. The van der Waals surface area contributed by atoms with Crippen LogP contribution < -0.4 is 14.8 Å². The van der Waals surface area contributed by atoms with Gasteiger partial charge in [0.15, 0.2) is 23.0 Å². The maximum atomic E-state index is 12.3. The van der Waals surface area contributed by atoms with E-state index in [0.717, 1.165) is 17.9 Å². The van der Waals surface area contributed by atoms with Crippen molar-refractivity contribution >= 4 is 5.91 Å². The molecule has 6 nitrogen and oxygen atoms in total. The molecule has 4 rings (SSSR count). The molecule has 0 aliphatic heterocycles. The van der Waals surface area contributed by atoms with Gasteiger partial charge in [0.2, 0.25) is 0 Å². The molecule has 1 aromatic heterocycles. The van der Waals surface area contributed by atoms with Crippen LogP contribution in [0.3, 0.4) is 0 Å². The van der Waals surface area contributed by atoms with Gasteiger partial charge >= 0.3 is 0 Å². The molecule has 1 saturated carbocycles. The number of benzene rings is 1. The van der Waals surface area contributed by atoms with Crippen molar-refractivity contribution in [1.82, 2.24) is 10.5 Å². The lowest BCUT2D eigenvalue weighted by molar-refractivity contribution is 0.0941. The van der Waals surface area contributed by atoms with Gasteiger partial charge in [-0.3, -0.25) is 4.79 Å². The van der Waals surface area contributed by atoms with Crippen LogP contribution >= 0.6 is 0 Å². The Morgan fingerprint density at radius 3 is 2.89 bits per heavy atom. The van der Waals surface area contributed by atoms with Crippen LogP contribution in [0.5, 0.6) is 11.5 Å². The van der Waals surface area contributed by atoms with Gasteiger partial charge in [-0.15, -0.1) is 0 Å². The molecule has 1 N–H and O–H groups in total. The van der Waals surface area contributed by atoms with Gasteiger partial charge in [0.05, 0.1) is 7.11 Å². The van der Waals surface area contributed by atoms with Crippen LogP contribution in [0.1, 0.15) is 41.1 Å². The third kappa shape index (κ3) is 4.06. The molecule has 1 amide bonds. The Morgan fingerprint density at radius 1 is 1.25 bits per heavy atom. The van der Waals surface area contributed by atoms with E-state index in [1.807, 2.05) is 25.1 Å². The first-order valence-corrected chi connectivity index (χ1v) is 9.82. The van der Waals surface area contributed by atoms with Crippen LogP contribution in [0.2, 0.25) is 0 Å². The van der Waals surface area contributed by atoms with E-state index in [0.29, 0.717) is 35.6 Å². The zero-order valence-electron chi connectivity index (χ0n) is 16.3. The van der Waals surface area contributed by atoms with Gasteiger partial charge < -0.3 is 19.3 Å². The van der Waals surface area contributed by atoms with Crippen molar-refractivity contribution in [2.24, 2.45) is 17.8 Å². The minimum Gasteiger partial charge on any atom is -0.493 e. The largest absolute Gasteiger partial charge is 0.493 e. The molecule has 2 aliphatic rings. The Bertz CT molecular complexity index is 873. The number of amides is 1. The molecule has 1 fully saturated rings. The lowest BCUT2D eigenvalue weighted by Gasteiger charge is -2.17. The summed E-state index contributed by atoms with van der Waals surface area (Å²) in [6.07, 6.45) is 8.23. The van der Waals surface area contributed by atoms with Crippen molar-refractivity contribution in [2.75, 3.05) is 13.7 Å². The first-order valence-electron chi connectivity index (χ1n) is 9.82. The number of methoxy groups -OCH3 is 1. The fourth-order valence-electron chi connectivity index (χ4n) is 4.22. The number of nitrogens with one attached hydrogen (secondary N) is 1. The van der Waals surface area contributed by atoms with Gasteiger partial charge in [-0.25, -0.2) is 0 Å². The van der Waals surface area contributed by atoms with Crippen LogP contribution in [-0.2, 0) is 6.61 Å². The molecular formula is C22H26N2O4. The normalized spacial score (nSPS) is 22.4. The Kier molecular flexibility index (Phi) is 5.37. The predicted molar refractivity (Wildman–Crippen MR) is 104 cm³/mol. The van der Waals surface area contributed by atoms with Crippen molar-refractivity contribution in [2.45, 2.75) is 32.8 Å². The second-order valence-electron chi connectivity index (χ2n) is 7.71. The SMILES string of the molecule is COc1cc(C)ccc1OCc1cc(C(=O)NCC[C@@H]2C[C@@H]3C=C[C@H]2C3)no1. The molecule has 6 heteroatoms. The molecule has 3 atom stereocenters. The summed E-state index contributed by atoms with van der Waals surface area (Å²) in [5.41, 5.74) is 1.37. The van der Waals surface area contributed by atoms with E-state index in [2.05, 4.69) is 22.6 Å². The lowest BCUT2D eigenvalue weighted by atomic mass is 9.91. The molecule has 0 radical (unpaired) electrons. The second-order valence-corrected chi connectivity index (χ2v) is 7.71. The van der Waals surface area contributed by atoms with E-state index in [4.69, 9.17) is 14.0 Å². The van der Waals surface area contributed by atoms with Crippen LogP contribution in [-0.4, -0.2) is 24.7 Å². The average Bonchev–Trinajstić information content (AvgIpc) is 3.44. The number of fused-ring (bicyclic) bond motifs is 2. The highest BCUT2D eigenvalue weighted by molar-refractivity contribution is 5.92. The molecule has 28 heavy (non-hydrogen) atoms. The Morgan fingerprint density at radius 2 is 2.14 bits per heavy atom. The average molecular weight is 382 g/mol. The first-order chi connectivity index (χ1) is 13.6. The minimum absolute atomic E-state index is 0.178. The van der Waals surface area contributed by atoms with Crippen LogP contribution in [0, 0.1) is 24.7 Å². The zero-order chi connectivity index (χ0) is 19.5. The number of rotatable bonds is 8. The summed E-state index contributed by atoms with van der Waals surface area (Å²) in [5, 5.41) is 6.81. The number of carbonyl (C=O) groups excluding carboxylic acids is 1. The number of allylic oxidation sites excluding steroid dienone is 2. The summed E-state index contributed by atoms with van der Waals surface area (Å²) in [6, 6.07) is 7.32. The number of hydrogen-bond acceptors (Lipinski definition) is 5. The molecule has 2 aliphatic carbocycles. The van der Waals surface area contributed by atoms with Crippen molar-refractivity contribution in [3.63, 3.8) is 0 Å². The molecule has 1 heterocycles. The molecule has 2 bridgehead atoms. The summed E-state index contributed by atoms with van der Waals surface area (Å²) in [4.78, 5) is 12.3. The van der Waals surface area contributed by atoms with Crippen molar-refractivity contribution in [3.05, 3.63) is 53.4 Å². The van der Waals surface area contributed by atoms with Crippen molar-refractivity contribution in [1.29, 1.82) is 0 Å². The molecule has 1 aromatic carbocycles. The van der Waals surface area contributed by atoms with E-state index in [1.165, 1.54) is 12.8 Å². The predicted octanol–water partition coefficient (Wildman–Crippen LogP) is 3.90. The van der Waals surface area contributed by atoms with E-state index >= 15 is 0 Å². The number of carbonyl (C=O) groups is 1. The molecule has 2 aromatic rings. The number of aromatic nitrogens is 1. The maximum Gasteiger partial charge on any atom is 0.273 e. The van der Waals surface area contributed by atoms with Crippen LogP contribution in [0.15, 0.2) is 40.9 Å². The number of ether oxygens (including phenoxy) is 2. The highest BCUT2D eigenvalue weighted by Crippen LogP contribution is 2.44. The van der Waals surface area contributed by atoms with Gasteiger partial charge in [0.1, 0.15) is 6.61 Å². The fraction of sp³-hybridized carbons (Fsp3) is 0.455. The topological polar surface area (TPSA) is 73.6 Å². The summed E-state index contributed by atoms with van der Waals surface area (Å²) in [7, 11) is 1.60. The maximum absolute atomic E-state index is 12.3. The van der Waals surface area contributed by atoms with Gasteiger partial charge in [-0.1, -0.05) is 23.4 Å². The summed E-state index contributed by atoms with van der Waals surface area (Å²) in [5.74, 6) is 3.73. The van der Waals surface area contributed by atoms with Crippen LogP contribution in [0.4, 0.5) is 0 Å². The smallest absolute Gasteiger partial charge is 0.273 e. The van der Waals surface area contributed by atoms with Gasteiger partial charge in [0.25, 0.3) is 5.91 Å². The highest BCUT2D eigenvalue weighted by Gasteiger charge is 2.35. The van der Waals surface area contributed by atoms with E-state index in [9.17, 15) is 4.79 Å². The molecule has 0 saturated heterocycles. The first kappa shape index (κ1) is 18.6. The molecule has 0 unspecified atom stereocenters. The molecule has 0 spiro atoms. The van der Waals surface area contributed by atoms with Gasteiger partial charge in [-0.05, 0) is 61.6 Å². The van der Waals surface area contributed by atoms with E-state index in [1.54, 1.807) is 13.2 Å². The third-order valence-corrected chi connectivity index (χ3v) is 5.70. The second kappa shape index (κ2) is 8.09. The van der Waals surface area contributed by atoms with Gasteiger partial charge in [-0.2, -0.15) is 0 Å². The lowest BCUT2D eigenvalue weighted by Crippen LogP contribution is -2.27. The molecular weight excluding hydrogens is 356 g/mol. The number of aryl methyl sites for hydroxylation is 1. The van der Waals surface area contributed by atoms with E-state index in [-0.39, 0.29) is 18.2 Å². The Labute approximate surface area is 164 Å². The highest BCUT2D eigenvalue weighted by atomic mass is 16.5. The molecule has 148 valence electrons. The Balaban J connectivity index is 1.25. The third-order valence-electron chi connectivity index (χ3n) is 5.70. The zero-order valence-corrected chi connectivity index (χ0v) is 16.3. The van der Waals surface area contributed by atoms with Crippen molar-refractivity contribution < 1.29 is 18.8 Å². The monoisotopic (exact) mass is 382 g/mol. The number of nitrogens with zero attached hydrogens (tertiary/aromatic N) is 1. The van der Waals surface area contributed by atoms with E-state index < -0.39 is 0 Å². The van der Waals surface area contributed by atoms with Crippen LogP contribution in [0.25, 0.3) is 0 Å². The number of hydrogen-bond donors (Lipinski definition) is 1. The minimum atomic E-state index is -0.207. The standard InChI is InChI=1S/C22H26N2O4/c1-14-3-6-20(21(9-14)26-2)27-13-18-12-19(24-28-18)22(25)23-8-7-17-11-15-4-5-16(17)10-15/h3-6,9,12,15-17H,7-8,10-11,13H2,1-2H3,(H,23,25)/t15-,16+,17-/m1/s1.